The van der Waals surface area contributed by atoms with E-state index in [1.807, 2.05) is 13.0 Å². The molecule has 0 heterocycles. The highest BCUT2D eigenvalue weighted by Gasteiger charge is 2.15. The lowest BCUT2D eigenvalue weighted by Gasteiger charge is -2.13. The Morgan fingerprint density at radius 1 is 1.12 bits per heavy atom. The van der Waals surface area contributed by atoms with Gasteiger partial charge in [0.25, 0.3) is 0 Å². The van der Waals surface area contributed by atoms with Gasteiger partial charge in [0.15, 0.2) is 0 Å². The third kappa shape index (κ3) is 3.91. The summed E-state index contributed by atoms with van der Waals surface area (Å²) in [7, 11) is -3.82. The van der Waals surface area contributed by atoms with Gasteiger partial charge < -0.3 is 5.32 Å². The van der Waals surface area contributed by atoms with E-state index in [1.165, 1.54) is 29.7 Å². The summed E-state index contributed by atoms with van der Waals surface area (Å²) in [5, 5.41) is 8.03. The molecule has 0 aromatic heterocycles. The zero-order valence-corrected chi connectivity index (χ0v) is 15.2. The van der Waals surface area contributed by atoms with Crippen molar-refractivity contribution in [2.24, 2.45) is 5.14 Å². The van der Waals surface area contributed by atoms with Crippen molar-refractivity contribution in [1.82, 2.24) is 0 Å². The Balaban J connectivity index is 1.80. The number of carbonyl (C=O) groups excluding carboxylic acids is 1. The fourth-order valence-electron chi connectivity index (χ4n) is 3.24. The minimum absolute atomic E-state index is 0.00318. The number of benzene rings is 2. The lowest BCUT2D eigenvalue weighted by atomic mass is 10.0. The highest BCUT2D eigenvalue weighted by Crippen LogP contribution is 2.25. The second-order valence-electron chi connectivity index (χ2n) is 6.64. The van der Waals surface area contributed by atoms with Crippen molar-refractivity contribution in [3.63, 3.8) is 0 Å². The molecule has 1 aliphatic rings. The molecular weight excluding hydrogens is 336 g/mol. The van der Waals surface area contributed by atoms with E-state index in [2.05, 4.69) is 17.4 Å². The predicted molar refractivity (Wildman–Crippen MR) is 98.1 cm³/mol. The van der Waals surface area contributed by atoms with E-state index in [4.69, 9.17) is 5.14 Å². The van der Waals surface area contributed by atoms with Crippen molar-refractivity contribution < 1.29 is 13.2 Å². The lowest BCUT2D eigenvalue weighted by Crippen LogP contribution is -2.17. The van der Waals surface area contributed by atoms with Gasteiger partial charge in [-0.25, -0.2) is 13.6 Å². The molecule has 0 aliphatic heterocycles. The number of hydrogen-bond donors (Lipinski definition) is 2. The topological polar surface area (TPSA) is 89.3 Å². The van der Waals surface area contributed by atoms with Crippen LogP contribution in [-0.4, -0.2) is 14.3 Å². The maximum Gasteiger partial charge on any atom is 0.238 e. The number of anilines is 1. The normalized spacial score (nSPS) is 13.6. The second-order valence-corrected chi connectivity index (χ2v) is 8.20. The number of sulfonamides is 1. The molecule has 0 spiro atoms. The molecule has 2 aromatic carbocycles. The van der Waals surface area contributed by atoms with E-state index < -0.39 is 10.0 Å². The van der Waals surface area contributed by atoms with E-state index in [0.29, 0.717) is 5.69 Å². The highest BCUT2D eigenvalue weighted by atomic mass is 32.2. The van der Waals surface area contributed by atoms with E-state index >= 15 is 0 Å². The predicted octanol–water partition coefficient (Wildman–Crippen LogP) is 2.62. The summed E-state index contributed by atoms with van der Waals surface area (Å²) in [5.41, 5.74) is 5.74. The van der Waals surface area contributed by atoms with Crippen LogP contribution in [0.1, 0.15) is 34.2 Å². The molecule has 6 heteroatoms. The Labute approximate surface area is 148 Å². The summed E-state index contributed by atoms with van der Waals surface area (Å²) in [6.07, 6.45) is 3.61. The minimum Gasteiger partial charge on any atom is -0.326 e. The molecule has 0 unspecified atom stereocenters. The van der Waals surface area contributed by atoms with Crippen LogP contribution in [0.4, 0.5) is 5.69 Å². The Bertz CT molecular complexity index is 949. The lowest BCUT2D eigenvalue weighted by molar-refractivity contribution is -0.115. The summed E-state index contributed by atoms with van der Waals surface area (Å²) in [6, 6.07) is 9.12. The molecule has 2 aromatic rings. The number of hydrogen-bond acceptors (Lipinski definition) is 3. The van der Waals surface area contributed by atoms with Crippen LogP contribution in [0, 0.1) is 13.8 Å². The largest absolute Gasteiger partial charge is 0.326 e. The number of nitrogens with one attached hydrogen (secondary N) is 1. The number of carbonyl (C=O) groups is 1. The first-order chi connectivity index (χ1) is 11.7. The molecule has 0 atom stereocenters. The van der Waals surface area contributed by atoms with Gasteiger partial charge in [0.05, 0.1) is 11.3 Å². The fraction of sp³-hybridized carbons (Fsp3) is 0.316. The van der Waals surface area contributed by atoms with Gasteiger partial charge in [-0.05, 0) is 73.1 Å². The van der Waals surface area contributed by atoms with Crippen LogP contribution in [0.25, 0.3) is 0 Å². The fourth-order valence-corrected chi connectivity index (χ4v) is 3.86. The Kier molecular flexibility index (Phi) is 4.67. The smallest absolute Gasteiger partial charge is 0.238 e. The zero-order chi connectivity index (χ0) is 18.2. The number of rotatable bonds is 4. The first kappa shape index (κ1) is 17.6. The van der Waals surface area contributed by atoms with Gasteiger partial charge in [-0.1, -0.05) is 18.2 Å². The summed E-state index contributed by atoms with van der Waals surface area (Å²) < 4.78 is 23.2. The molecule has 3 N–H and O–H groups in total. The molecule has 25 heavy (non-hydrogen) atoms. The molecule has 5 nitrogen and oxygen atoms in total. The van der Waals surface area contributed by atoms with Gasteiger partial charge in [-0.15, -0.1) is 0 Å². The van der Waals surface area contributed by atoms with Crippen LogP contribution < -0.4 is 10.5 Å². The van der Waals surface area contributed by atoms with E-state index in [9.17, 15) is 13.2 Å². The number of amides is 1. The maximum absolute atomic E-state index is 12.4. The maximum atomic E-state index is 12.4. The Hall–Kier alpha value is -2.18. The second kappa shape index (κ2) is 6.61. The zero-order valence-electron chi connectivity index (χ0n) is 14.4. The van der Waals surface area contributed by atoms with E-state index in [0.717, 1.165) is 29.5 Å². The molecule has 1 aliphatic carbocycles. The highest BCUT2D eigenvalue weighted by molar-refractivity contribution is 7.89. The monoisotopic (exact) mass is 358 g/mol. The third-order valence-corrected chi connectivity index (χ3v) is 5.66. The van der Waals surface area contributed by atoms with Crippen LogP contribution in [0.5, 0.6) is 0 Å². The van der Waals surface area contributed by atoms with Crippen molar-refractivity contribution in [1.29, 1.82) is 0 Å². The molecule has 1 amide bonds. The van der Waals surface area contributed by atoms with Crippen LogP contribution >= 0.6 is 0 Å². The van der Waals surface area contributed by atoms with Gasteiger partial charge in [-0.3, -0.25) is 4.79 Å². The third-order valence-electron chi connectivity index (χ3n) is 4.77. The van der Waals surface area contributed by atoms with Gasteiger partial charge in [0.1, 0.15) is 0 Å². The standard InChI is InChI=1S/C19H22N2O3S/c1-12-8-17(25(20,23)24)11-18(13(12)2)21-19(22)10-14-6-7-15-4-3-5-16(15)9-14/h6-9,11H,3-5,10H2,1-2H3,(H,21,22)(H2,20,23,24). The van der Waals surface area contributed by atoms with Gasteiger partial charge in [0, 0.05) is 5.69 Å². The van der Waals surface area contributed by atoms with Crippen molar-refractivity contribution >= 4 is 21.6 Å². The van der Waals surface area contributed by atoms with Crippen molar-refractivity contribution in [3.8, 4) is 0 Å². The molecule has 3 rings (SSSR count). The molecule has 0 radical (unpaired) electrons. The minimum atomic E-state index is -3.82. The molecule has 132 valence electrons. The van der Waals surface area contributed by atoms with Gasteiger partial charge in [0.2, 0.25) is 15.9 Å². The summed E-state index contributed by atoms with van der Waals surface area (Å²) in [4.78, 5) is 12.4. The summed E-state index contributed by atoms with van der Waals surface area (Å²) in [6.45, 7) is 3.63. The quantitative estimate of drug-likeness (QED) is 0.880. The molecule has 0 fully saturated rings. The van der Waals surface area contributed by atoms with Gasteiger partial charge in [-0.2, -0.15) is 0 Å². The van der Waals surface area contributed by atoms with E-state index in [1.54, 1.807) is 6.92 Å². The summed E-state index contributed by atoms with van der Waals surface area (Å²) >= 11 is 0. The Morgan fingerprint density at radius 2 is 1.84 bits per heavy atom. The van der Waals surface area contributed by atoms with Crippen LogP contribution in [-0.2, 0) is 34.1 Å². The molecule has 0 saturated carbocycles. The molecular formula is C19H22N2O3S. The Morgan fingerprint density at radius 3 is 2.56 bits per heavy atom. The summed E-state index contributed by atoms with van der Waals surface area (Å²) in [5.74, 6) is -0.174. The number of nitrogens with two attached hydrogens (primary N) is 1. The average Bonchev–Trinajstić information content (AvgIpc) is 2.98. The SMILES string of the molecule is Cc1cc(S(N)(=O)=O)cc(NC(=O)Cc2ccc3c(c2)CCC3)c1C. The van der Waals surface area contributed by atoms with Crippen molar-refractivity contribution in [2.45, 2.75) is 44.4 Å². The molecule has 0 bridgehead atoms. The van der Waals surface area contributed by atoms with Gasteiger partial charge >= 0.3 is 0 Å². The van der Waals surface area contributed by atoms with Crippen LogP contribution in [0.3, 0.4) is 0 Å². The van der Waals surface area contributed by atoms with Crippen LogP contribution in [0.2, 0.25) is 0 Å². The van der Waals surface area contributed by atoms with Crippen LogP contribution in [0.15, 0.2) is 35.2 Å². The first-order valence-corrected chi connectivity index (χ1v) is 9.83. The number of aryl methyl sites for hydroxylation is 3. The average molecular weight is 358 g/mol. The van der Waals surface area contributed by atoms with Crippen molar-refractivity contribution in [3.05, 3.63) is 58.1 Å². The number of fused-ring (bicyclic) bond motifs is 1. The first-order valence-electron chi connectivity index (χ1n) is 8.28. The molecule has 0 saturated heterocycles. The van der Waals surface area contributed by atoms with Crippen molar-refractivity contribution in [2.75, 3.05) is 5.32 Å². The number of primary sulfonamides is 1. The van der Waals surface area contributed by atoms with E-state index in [-0.39, 0.29) is 17.2 Å².